The second-order valence-electron chi connectivity index (χ2n) is 5.44. The molecule has 0 aromatic heterocycles. The SMILES string of the molecule is FC(F)(F)C1=CCC(C(F)(F)F)C=C1.FC(F)(F)c1ccccc1C(F)(F)F. The van der Waals surface area contributed by atoms with Crippen molar-refractivity contribution in [3.63, 3.8) is 0 Å². The molecule has 12 heteroatoms. The first-order valence-corrected chi connectivity index (χ1v) is 7.19. The van der Waals surface area contributed by atoms with E-state index in [1.54, 1.807) is 0 Å². The first-order chi connectivity index (χ1) is 12.4. The molecule has 0 saturated heterocycles. The fraction of sp³-hybridized carbons (Fsp3) is 0.375. The maximum Gasteiger partial charge on any atom is 0.417 e. The molecule has 2 rings (SSSR count). The van der Waals surface area contributed by atoms with Crippen molar-refractivity contribution in [3.8, 4) is 0 Å². The summed E-state index contributed by atoms with van der Waals surface area (Å²) in [5.74, 6) is -1.80. The highest BCUT2D eigenvalue weighted by molar-refractivity contribution is 5.31. The highest BCUT2D eigenvalue weighted by atomic mass is 19.4. The van der Waals surface area contributed by atoms with Crippen molar-refractivity contribution < 1.29 is 52.7 Å². The molecule has 158 valence electrons. The average molecular weight is 430 g/mol. The second-order valence-corrected chi connectivity index (χ2v) is 5.44. The number of hydrogen-bond acceptors (Lipinski definition) is 0. The van der Waals surface area contributed by atoms with Crippen LogP contribution in [0, 0.1) is 5.92 Å². The number of allylic oxidation sites excluding steroid dienone is 4. The summed E-state index contributed by atoms with van der Waals surface area (Å²) in [5, 5.41) is 0. The maximum absolute atomic E-state index is 12.1. The van der Waals surface area contributed by atoms with Crippen LogP contribution in [0.1, 0.15) is 17.5 Å². The quantitative estimate of drug-likeness (QED) is 0.378. The lowest BCUT2D eigenvalue weighted by Crippen LogP contribution is -2.23. The Hall–Kier alpha value is -2.14. The molecule has 1 aromatic carbocycles. The van der Waals surface area contributed by atoms with Gasteiger partial charge in [0.25, 0.3) is 0 Å². The van der Waals surface area contributed by atoms with Crippen LogP contribution in [0.5, 0.6) is 0 Å². The maximum atomic E-state index is 12.1. The fourth-order valence-electron chi connectivity index (χ4n) is 2.05. The van der Waals surface area contributed by atoms with E-state index in [9.17, 15) is 52.7 Å². The summed E-state index contributed by atoms with van der Waals surface area (Å²) >= 11 is 0. The predicted octanol–water partition coefficient (Wildman–Crippen LogP) is 7.34. The Morgan fingerprint density at radius 1 is 0.643 bits per heavy atom. The third-order valence-corrected chi connectivity index (χ3v) is 3.39. The predicted molar refractivity (Wildman–Crippen MR) is 73.9 cm³/mol. The first-order valence-electron chi connectivity index (χ1n) is 7.19. The zero-order valence-electron chi connectivity index (χ0n) is 13.4. The van der Waals surface area contributed by atoms with E-state index in [4.69, 9.17) is 0 Å². The van der Waals surface area contributed by atoms with Gasteiger partial charge in [-0.25, -0.2) is 0 Å². The lowest BCUT2D eigenvalue weighted by atomic mass is 9.96. The molecule has 0 saturated carbocycles. The minimum atomic E-state index is -4.98. The summed E-state index contributed by atoms with van der Waals surface area (Å²) in [4.78, 5) is 0. The Balaban J connectivity index is 0.000000280. The summed E-state index contributed by atoms with van der Waals surface area (Å²) < 4.78 is 144. The molecule has 1 unspecified atom stereocenters. The van der Waals surface area contributed by atoms with Crippen LogP contribution in [-0.4, -0.2) is 12.4 Å². The van der Waals surface area contributed by atoms with Crippen molar-refractivity contribution in [1.82, 2.24) is 0 Å². The minimum absolute atomic E-state index is 0.406. The Labute approximate surface area is 150 Å². The second kappa shape index (κ2) is 8.08. The Kier molecular flexibility index (Phi) is 6.89. The van der Waals surface area contributed by atoms with Crippen LogP contribution >= 0.6 is 0 Å². The number of halogens is 12. The number of alkyl halides is 12. The molecular formula is C16H10F12. The van der Waals surface area contributed by atoms with Gasteiger partial charge < -0.3 is 0 Å². The summed E-state index contributed by atoms with van der Waals surface area (Å²) in [6, 6.07) is 2.64. The molecule has 0 N–H and O–H groups in total. The average Bonchev–Trinajstić information content (AvgIpc) is 2.52. The van der Waals surface area contributed by atoms with E-state index in [-0.39, 0.29) is 0 Å². The van der Waals surface area contributed by atoms with Crippen LogP contribution in [0.25, 0.3) is 0 Å². The molecular weight excluding hydrogens is 420 g/mol. The highest BCUT2D eigenvalue weighted by Gasteiger charge is 2.42. The van der Waals surface area contributed by atoms with Gasteiger partial charge in [0, 0.05) is 0 Å². The first kappa shape index (κ1) is 23.9. The van der Waals surface area contributed by atoms with Gasteiger partial charge in [0.1, 0.15) is 0 Å². The fourth-order valence-corrected chi connectivity index (χ4v) is 2.05. The Morgan fingerprint density at radius 2 is 1.07 bits per heavy atom. The molecule has 0 radical (unpaired) electrons. The molecule has 0 fully saturated rings. The van der Waals surface area contributed by atoms with Crippen LogP contribution in [0.2, 0.25) is 0 Å². The molecule has 1 aromatic rings. The van der Waals surface area contributed by atoms with Gasteiger partial charge in [0.15, 0.2) is 0 Å². The van der Waals surface area contributed by atoms with Crippen molar-refractivity contribution in [2.75, 3.05) is 0 Å². The van der Waals surface area contributed by atoms with Gasteiger partial charge in [-0.15, -0.1) is 0 Å². The van der Waals surface area contributed by atoms with Gasteiger partial charge in [0.05, 0.1) is 22.6 Å². The summed E-state index contributed by atoms with van der Waals surface area (Å²) in [6.07, 6.45) is -18.0. The zero-order valence-corrected chi connectivity index (χ0v) is 13.4. The molecule has 0 nitrogen and oxygen atoms in total. The standard InChI is InChI=1S/C8H6F6.C8H4F6/c9-7(10,11)5-1-2-6(4-3-5)8(12,13)14;9-7(10,11)5-3-1-2-4-6(5)8(12,13)14/h1-3,6H,4H2;1-4H. The number of rotatable bonds is 0. The lowest BCUT2D eigenvalue weighted by molar-refractivity contribution is -0.162. The normalized spacial score (nSPS) is 18.3. The smallest absolute Gasteiger partial charge is 0.170 e. The lowest BCUT2D eigenvalue weighted by Gasteiger charge is -2.19. The van der Waals surface area contributed by atoms with Crippen molar-refractivity contribution >= 4 is 0 Å². The van der Waals surface area contributed by atoms with E-state index in [1.165, 1.54) is 0 Å². The van der Waals surface area contributed by atoms with E-state index >= 15 is 0 Å². The largest absolute Gasteiger partial charge is 0.417 e. The van der Waals surface area contributed by atoms with E-state index in [0.29, 0.717) is 30.4 Å². The van der Waals surface area contributed by atoms with Crippen molar-refractivity contribution in [3.05, 3.63) is 59.2 Å². The topological polar surface area (TPSA) is 0 Å². The van der Waals surface area contributed by atoms with Crippen LogP contribution in [0.15, 0.2) is 48.1 Å². The highest BCUT2D eigenvalue weighted by Crippen LogP contribution is 2.40. The van der Waals surface area contributed by atoms with Gasteiger partial charge >= 0.3 is 24.7 Å². The van der Waals surface area contributed by atoms with E-state index in [2.05, 4.69) is 0 Å². The molecule has 1 aliphatic rings. The monoisotopic (exact) mass is 430 g/mol. The van der Waals surface area contributed by atoms with Crippen LogP contribution < -0.4 is 0 Å². The van der Waals surface area contributed by atoms with Crippen molar-refractivity contribution in [1.29, 1.82) is 0 Å². The van der Waals surface area contributed by atoms with E-state index in [0.717, 1.165) is 12.1 Å². The molecule has 1 atom stereocenters. The summed E-state index contributed by atoms with van der Waals surface area (Å²) in [7, 11) is 0. The molecule has 0 bridgehead atoms. The van der Waals surface area contributed by atoms with Crippen LogP contribution in [0.3, 0.4) is 0 Å². The molecule has 0 heterocycles. The molecule has 28 heavy (non-hydrogen) atoms. The third kappa shape index (κ3) is 6.79. The van der Waals surface area contributed by atoms with Gasteiger partial charge in [-0.3, -0.25) is 0 Å². The number of benzene rings is 1. The van der Waals surface area contributed by atoms with Crippen molar-refractivity contribution in [2.24, 2.45) is 5.92 Å². The van der Waals surface area contributed by atoms with Gasteiger partial charge in [-0.1, -0.05) is 30.4 Å². The Bertz CT molecular complexity index is 680. The third-order valence-electron chi connectivity index (χ3n) is 3.39. The molecule has 0 aliphatic heterocycles. The Morgan fingerprint density at radius 3 is 1.32 bits per heavy atom. The molecule has 0 spiro atoms. The summed E-state index contributed by atoms with van der Waals surface area (Å²) in [6.45, 7) is 0. The van der Waals surface area contributed by atoms with Gasteiger partial charge in [-0.05, 0) is 18.6 Å². The molecule has 0 amide bonds. The van der Waals surface area contributed by atoms with Crippen LogP contribution in [0.4, 0.5) is 52.7 Å². The minimum Gasteiger partial charge on any atom is -0.170 e. The van der Waals surface area contributed by atoms with Crippen LogP contribution in [-0.2, 0) is 12.4 Å². The van der Waals surface area contributed by atoms with E-state index < -0.39 is 53.7 Å². The molecule has 1 aliphatic carbocycles. The van der Waals surface area contributed by atoms with Gasteiger partial charge in [-0.2, -0.15) is 52.7 Å². The summed E-state index contributed by atoms with van der Waals surface area (Å²) in [5.41, 5.74) is -4.34. The number of hydrogen-bond donors (Lipinski definition) is 0. The van der Waals surface area contributed by atoms with Gasteiger partial charge in [0.2, 0.25) is 0 Å². The van der Waals surface area contributed by atoms with Crippen molar-refractivity contribution in [2.45, 2.75) is 31.1 Å². The van der Waals surface area contributed by atoms with E-state index in [1.807, 2.05) is 0 Å². The zero-order chi connectivity index (χ0) is 22.0.